The Bertz CT molecular complexity index is 262. The SMILES string of the molecule is O=C([O-])c1cccc(I)c1.[Na+]. The summed E-state index contributed by atoms with van der Waals surface area (Å²) in [5, 5.41) is 10.2. The Hall–Kier alpha value is 0.420. The van der Waals surface area contributed by atoms with Gasteiger partial charge in [-0.15, -0.1) is 0 Å². The van der Waals surface area contributed by atoms with Gasteiger partial charge in [-0.2, -0.15) is 0 Å². The number of carboxylic acid groups (broad SMARTS) is 1. The van der Waals surface area contributed by atoms with Gasteiger partial charge < -0.3 is 9.90 Å². The molecule has 0 unspecified atom stereocenters. The maximum absolute atomic E-state index is 10.2. The van der Waals surface area contributed by atoms with Crippen LogP contribution in [0.3, 0.4) is 0 Å². The van der Waals surface area contributed by atoms with Crippen LogP contribution in [0.15, 0.2) is 24.3 Å². The van der Waals surface area contributed by atoms with E-state index in [9.17, 15) is 9.90 Å². The van der Waals surface area contributed by atoms with Crippen molar-refractivity contribution < 1.29 is 39.5 Å². The van der Waals surface area contributed by atoms with Gasteiger partial charge in [-0.05, 0) is 40.3 Å². The van der Waals surface area contributed by atoms with E-state index >= 15 is 0 Å². The van der Waals surface area contributed by atoms with Crippen molar-refractivity contribution in [3.8, 4) is 0 Å². The van der Waals surface area contributed by atoms with Gasteiger partial charge in [0.05, 0.1) is 5.97 Å². The molecule has 0 radical (unpaired) electrons. The van der Waals surface area contributed by atoms with Gasteiger partial charge in [0, 0.05) is 3.57 Å². The van der Waals surface area contributed by atoms with E-state index in [0.29, 0.717) is 0 Å². The summed E-state index contributed by atoms with van der Waals surface area (Å²) in [4.78, 5) is 10.2. The van der Waals surface area contributed by atoms with Crippen LogP contribution in [0.4, 0.5) is 0 Å². The van der Waals surface area contributed by atoms with Gasteiger partial charge in [-0.3, -0.25) is 0 Å². The molecule has 0 bridgehead atoms. The molecule has 2 nitrogen and oxygen atoms in total. The Balaban J connectivity index is 0.000001000. The van der Waals surface area contributed by atoms with Gasteiger partial charge in [0.15, 0.2) is 0 Å². The second-order valence-corrected chi connectivity index (χ2v) is 3.04. The minimum atomic E-state index is -1.13. The van der Waals surface area contributed by atoms with Crippen LogP contribution in [0.1, 0.15) is 10.4 Å². The number of hydrogen-bond donors (Lipinski definition) is 0. The number of carbonyl (C=O) groups excluding carboxylic acids is 1. The number of hydrogen-bond acceptors (Lipinski definition) is 2. The van der Waals surface area contributed by atoms with Crippen molar-refractivity contribution in [2.45, 2.75) is 0 Å². The Labute approximate surface area is 100 Å². The first-order valence-electron chi connectivity index (χ1n) is 2.67. The molecule has 0 saturated carbocycles. The summed E-state index contributed by atoms with van der Waals surface area (Å²) in [5.74, 6) is -1.13. The maximum atomic E-state index is 10.2. The number of carboxylic acids is 1. The van der Waals surface area contributed by atoms with E-state index in [4.69, 9.17) is 0 Å². The molecule has 1 aromatic carbocycles. The fourth-order valence-electron chi connectivity index (χ4n) is 0.615. The van der Waals surface area contributed by atoms with Crippen LogP contribution in [0.5, 0.6) is 0 Å². The summed E-state index contributed by atoms with van der Waals surface area (Å²) in [7, 11) is 0. The Morgan fingerprint density at radius 2 is 2.09 bits per heavy atom. The number of aromatic carboxylic acids is 1. The van der Waals surface area contributed by atoms with Crippen LogP contribution in [-0.4, -0.2) is 5.97 Å². The fourth-order valence-corrected chi connectivity index (χ4v) is 1.16. The largest absolute Gasteiger partial charge is 1.00 e. The molecule has 4 heteroatoms. The molecule has 0 saturated heterocycles. The monoisotopic (exact) mass is 270 g/mol. The van der Waals surface area contributed by atoms with E-state index in [2.05, 4.69) is 0 Å². The molecule has 52 valence electrons. The average Bonchev–Trinajstić information content (AvgIpc) is 1.88. The minimum absolute atomic E-state index is 0. The molecule has 0 aromatic heterocycles. The number of carbonyl (C=O) groups is 1. The average molecular weight is 270 g/mol. The van der Waals surface area contributed by atoms with Gasteiger partial charge in [-0.1, -0.05) is 12.1 Å². The summed E-state index contributed by atoms with van der Waals surface area (Å²) in [6.45, 7) is 0. The standard InChI is InChI=1S/C7H5IO2.Na/c8-6-3-1-2-5(4-6)7(9)10;/h1-4H,(H,9,10);/q;+1/p-1. The first-order valence-corrected chi connectivity index (χ1v) is 3.75. The molecule has 0 aliphatic heterocycles. The Kier molecular flexibility index (Phi) is 5.33. The molecule has 0 amide bonds. The quantitative estimate of drug-likeness (QED) is 0.424. The molecule has 1 rings (SSSR count). The van der Waals surface area contributed by atoms with Crippen LogP contribution >= 0.6 is 22.6 Å². The topological polar surface area (TPSA) is 40.1 Å². The first kappa shape index (κ1) is 11.4. The molecule has 0 aliphatic carbocycles. The van der Waals surface area contributed by atoms with Crippen LogP contribution in [-0.2, 0) is 0 Å². The Morgan fingerprint density at radius 3 is 2.45 bits per heavy atom. The molecular weight excluding hydrogens is 266 g/mol. The number of benzene rings is 1. The van der Waals surface area contributed by atoms with Crippen molar-refractivity contribution in [2.24, 2.45) is 0 Å². The summed E-state index contributed by atoms with van der Waals surface area (Å²) >= 11 is 2.05. The molecule has 0 atom stereocenters. The third kappa shape index (κ3) is 3.55. The summed E-state index contributed by atoms with van der Waals surface area (Å²) in [6, 6.07) is 6.59. The molecule has 11 heavy (non-hydrogen) atoms. The number of rotatable bonds is 1. The Morgan fingerprint density at radius 1 is 1.45 bits per heavy atom. The van der Waals surface area contributed by atoms with Gasteiger partial charge in [-0.25, -0.2) is 0 Å². The van der Waals surface area contributed by atoms with Gasteiger partial charge in [0.25, 0.3) is 0 Å². The van der Waals surface area contributed by atoms with Gasteiger partial charge in [0.1, 0.15) is 0 Å². The zero-order valence-electron chi connectivity index (χ0n) is 6.00. The van der Waals surface area contributed by atoms with Crippen molar-refractivity contribution in [3.63, 3.8) is 0 Å². The zero-order chi connectivity index (χ0) is 7.56. The van der Waals surface area contributed by atoms with E-state index in [1.165, 1.54) is 6.07 Å². The van der Waals surface area contributed by atoms with Crippen molar-refractivity contribution >= 4 is 28.6 Å². The fraction of sp³-hybridized carbons (Fsp3) is 0. The predicted molar refractivity (Wildman–Crippen MR) is 43.5 cm³/mol. The molecule has 0 N–H and O–H groups in total. The molecule has 0 spiro atoms. The summed E-state index contributed by atoms with van der Waals surface area (Å²) < 4.78 is 0.902. The van der Waals surface area contributed by atoms with Gasteiger partial charge >= 0.3 is 29.6 Å². The smallest absolute Gasteiger partial charge is 0.545 e. The van der Waals surface area contributed by atoms with Crippen LogP contribution in [0.2, 0.25) is 0 Å². The summed E-state index contributed by atoms with van der Waals surface area (Å²) in [6.07, 6.45) is 0. The van der Waals surface area contributed by atoms with E-state index in [1.807, 2.05) is 28.7 Å². The molecular formula is C7H4INaO2. The second-order valence-electron chi connectivity index (χ2n) is 1.80. The normalized spacial score (nSPS) is 8.45. The van der Waals surface area contributed by atoms with Crippen molar-refractivity contribution in [3.05, 3.63) is 33.4 Å². The van der Waals surface area contributed by atoms with Gasteiger partial charge in [0.2, 0.25) is 0 Å². The zero-order valence-corrected chi connectivity index (χ0v) is 10.2. The van der Waals surface area contributed by atoms with Crippen LogP contribution in [0, 0.1) is 3.57 Å². The molecule has 1 aromatic rings. The van der Waals surface area contributed by atoms with E-state index in [0.717, 1.165) is 3.57 Å². The van der Waals surface area contributed by atoms with Crippen LogP contribution in [0.25, 0.3) is 0 Å². The molecule has 0 fully saturated rings. The number of halogens is 1. The minimum Gasteiger partial charge on any atom is -0.545 e. The van der Waals surface area contributed by atoms with E-state index in [-0.39, 0.29) is 35.1 Å². The third-order valence-electron chi connectivity index (χ3n) is 1.06. The van der Waals surface area contributed by atoms with Crippen molar-refractivity contribution in [1.82, 2.24) is 0 Å². The summed E-state index contributed by atoms with van der Waals surface area (Å²) in [5.41, 5.74) is 0.229. The second kappa shape index (κ2) is 5.13. The third-order valence-corrected chi connectivity index (χ3v) is 1.73. The van der Waals surface area contributed by atoms with Crippen molar-refractivity contribution in [1.29, 1.82) is 0 Å². The molecule has 0 aliphatic rings. The van der Waals surface area contributed by atoms with Crippen LogP contribution < -0.4 is 34.7 Å². The molecule has 0 heterocycles. The maximum Gasteiger partial charge on any atom is 1.00 e. The predicted octanol–water partition coefficient (Wildman–Crippen LogP) is -2.34. The van der Waals surface area contributed by atoms with E-state index in [1.54, 1.807) is 12.1 Å². The first-order chi connectivity index (χ1) is 4.70. The van der Waals surface area contributed by atoms with Crippen molar-refractivity contribution in [2.75, 3.05) is 0 Å². The van der Waals surface area contributed by atoms with E-state index < -0.39 is 5.97 Å².